The van der Waals surface area contributed by atoms with E-state index in [0.717, 1.165) is 6.07 Å². The van der Waals surface area contributed by atoms with Gasteiger partial charge in [0.15, 0.2) is 11.6 Å². The van der Waals surface area contributed by atoms with Crippen molar-refractivity contribution in [3.05, 3.63) is 48.1 Å². The summed E-state index contributed by atoms with van der Waals surface area (Å²) in [6, 6.07) is 3.47. The fraction of sp³-hybridized carbons (Fsp3) is 0.471. The molecule has 136 valence electrons. The number of nitrogens with zero attached hydrogens (tertiary/aromatic N) is 3. The summed E-state index contributed by atoms with van der Waals surface area (Å²) in [5, 5.41) is 15.0. The first-order valence-corrected chi connectivity index (χ1v) is 7.76. The number of esters is 1. The number of halogens is 2. The minimum absolute atomic E-state index is 0.272. The van der Waals surface area contributed by atoms with Gasteiger partial charge < -0.3 is 9.84 Å². The first-order valence-electron chi connectivity index (χ1n) is 7.76. The Kier molecular flexibility index (Phi) is 5.22. The summed E-state index contributed by atoms with van der Waals surface area (Å²) in [4.78, 5) is 15.9. The fourth-order valence-electron chi connectivity index (χ4n) is 2.27. The number of ether oxygens (including phenoxy) is 1. The maximum absolute atomic E-state index is 14.3. The Labute approximate surface area is 144 Å². The Morgan fingerprint density at radius 2 is 2.04 bits per heavy atom. The van der Waals surface area contributed by atoms with Crippen LogP contribution in [0.15, 0.2) is 30.9 Å². The lowest BCUT2D eigenvalue weighted by atomic mass is 9.87. The molecule has 25 heavy (non-hydrogen) atoms. The molecule has 2 atom stereocenters. The summed E-state index contributed by atoms with van der Waals surface area (Å²) in [6.07, 6.45) is 1.40. The highest BCUT2D eigenvalue weighted by Crippen LogP contribution is 2.33. The summed E-state index contributed by atoms with van der Waals surface area (Å²) in [7, 11) is 0. The lowest BCUT2D eigenvalue weighted by Crippen LogP contribution is -2.46. The first-order chi connectivity index (χ1) is 11.6. The second-order valence-electron chi connectivity index (χ2n) is 6.92. The summed E-state index contributed by atoms with van der Waals surface area (Å²) in [5.74, 6) is -2.89. The molecule has 0 fully saturated rings. The highest BCUT2D eigenvalue weighted by atomic mass is 19.2. The van der Waals surface area contributed by atoms with Crippen LogP contribution in [0.4, 0.5) is 8.78 Å². The van der Waals surface area contributed by atoms with E-state index in [0.29, 0.717) is 0 Å². The molecule has 1 heterocycles. The SMILES string of the molecule is C[C@@H](OC(=O)C(C)(C)C)C(O)(Cn1cncn1)c1cccc(F)c1F. The van der Waals surface area contributed by atoms with Crippen molar-refractivity contribution in [3.8, 4) is 0 Å². The van der Waals surface area contributed by atoms with Gasteiger partial charge in [0.05, 0.1) is 12.0 Å². The average molecular weight is 353 g/mol. The van der Waals surface area contributed by atoms with Crippen LogP contribution in [0.2, 0.25) is 0 Å². The molecule has 6 nitrogen and oxygen atoms in total. The molecule has 1 N–H and O–H groups in total. The predicted molar refractivity (Wildman–Crippen MR) is 85.3 cm³/mol. The molecule has 0 aliphatic heterocycles. The van der Waals surface area contributed by atoms with Gasteiger partial charge in [-0.15, -0.1) is 0 Å². The van der Waals surface area contributed by atoms with Crippen molar-refractivity contribution >= 4 is 5.97 Å². The number of rotatable bonds is 5. The Morgan fingerprint density at radius 3 is 2.60 bits per heavy atom. The topological polar surface area (TPSA) is 77.2 Å². The molecular formula is C17H21F2N3O3. The maximum Gasteiger partial charge on any atom is 0.311 e. The molecule has 8 heteroatoms. The van der Waals surface area contributed by atoms with E-state index in [2.05, 4.69) is 10.1 Å². The minimum atomic E-state index is -2.04. The normalized spacial score (nSPS) is 15.5. The molecule has 0 amide bonds. The van der Waals surface area contributed by atoms with Crippen molar-refractivity contribution < 1.29 is 23.4 Å². The monoisotopic (exact) mass is 353 g/mol. The molecule has 0 bridgehead atoms. The molecule has 0 saturated heterocycles. The third kappa shape index (κ3) is 4.01. The van der Waals surface area contributed by atoms with Crippen molar-refractivity contribution in [2.45, 2.75) is 45.9 Å². The fourth-order valence-corrected chi connectivity index (χ4v) is 2.27. The summed E-state index contributed by atoms with van der Waals surface area (Å²) < 4.78 is 34.6. The van der Waals surface area contributed by atoms with Gasteiger partial charge in [-0.1, -0.05) is 12.1 Å². The van der Waals surface area contributed by atoms with E-state index in [1.807, 2.05) is 0 Å². The molecule has 0 spiro atoms. The lowest BCUT2D eigenvalue weighted by Gasteiger charge is -2.35. The Bertz CT molecular complexity index is 744. The number of carbonyl (C=O) groups excluding carboxylic acids is 1. The molecule has 1 aromatic heterocycles. The van der Waals surface area contributed by atoms with Crippen LogP contribution in [0, 0.1) is 17.0 Å². The third-order valence-corrected chi connectivity index (χ3v) is 3.86. The molecule has 0 saturated carbocycles. The van der Waals surface area contributed by atoms with Gasteiger partial charge >= 0.3 is 5.97 Å². The van der Waals surface area contributed by atoms with Gasteiger partial charge in [-0.05, 0) is 33.8 Å². The van der Waals surface area contributed by atoms with Gasteiger partial charge in [0, 0.05) is 5.56 Å². The van der Waals surface area contributed by atoms with Gasteiger partial charge in [-0.2, -0.15) is 5.10 Å². The van der Waals surface area contributed by atoms with Crippen molar-refractivity contribution in [3.63, 3.8) is 0 Å². The predicted octanol–water partition coefficient (Wildman–Crippen LogP) is 2.42. The van der Waals surface area contributed by atoms with Crippen LogP contribution in [-0.4, -0.2) is 31.9 Å². The number of hydrogen-bond donors (Lipinski definition) is 1. The zero-order chi connectivity index (χ0) is 18.8. The minimum Gasteiger partial charge on any atom is -0.459 e. The van der Waals surface area contributed by atoms with Gasteiger partial charge in [0.1, 0.15) is 24.4 Å². The van der Waals surface area contributed by atoms with E-state index in [9.17, 15) is 18.7 Å². The van der Waals surface area contributed by atoms with E-state index in [1.54, 1.807) is 20.8 Å². The van der Waals surface area contributed by atoms with Gasteiger partial charge in [0.2, 0.25) is 0 Å². The van der Waals surface area contributed by atoms with Crippen molar-refractivity contribution in [2.24, 2.45) is 5.41 Å². The van der Waals surface area contributed by atoms with Crippen LogP contribution in [-0.2, 0) is 21.7 Å². The lowest BCUT2D eigenvalue weighted by molar-refractivity contribution is -0.176. The second-order valence-corrected chi connectivity index (χ2v) is 6.92. The molecule has 0 radical (unpaired) electrons. The second kappa shape index (κ2) is 6.87. The molecule has 1 unspecified atom stereocenters. The van der Waals surface area contributed by atoms with E-state index in [4.69, 9.17) is 4.74 Å². The van der Waals surface area contributed by atoms with Crippen molar-refractivity contribution in [1.29, 1.82) is 0 Å². The Balaban J connectivity index is 2.45. The first kappa shape index (κ1) is 19.0. The van der Waals surface area contributed by atoms with Crippen LogP contribution < -0.4 is 0 Å². The highest BCUT2D eigenvalue weighted by molar-refractivity contribution is 5.75. The van der Waals surface area contributed by atoms with E-state index >= 15 is 0 Å². The van der Waals surface area contributed by atoms with Crippen LogP contribution in [0.25, 0.3) is 0 Å². The van der Waals surface area contributed by atoms with E-state index < -0.39 is 34.7 Å². The smallest absolute Gasteiger partial charge is 0.311 e. The molecule has 0 aliphatic carbocycles. The average Bonchev–Trinajstić information content (AvgIpc) is 3.01. The third-order valence-electron chi connectivity index (χ3n) is 3.86. The number of aliphatic hydroxyl groups is 1. The van der Waals surface area contributed by atoms with Crippen LogP contribution in [0.1, 0.15) is 33.3 Å². The number of aromatic nitrogens is 3. The quantitative estimate of drug-likeness (QED) is 0.836. The van der Waals surface area contributed by atoms with Gasteiger partial charge in [0.25, 0.3) is 0 Å². The zero-order valence-electron chi connectivity index (χ0n) is 14.5. The summed E-state index contributed by atoms with van der Waals surface area (Å²) in [5.41, 5.74) is -3.18. The molecule has 0 aliphatic rings. The van der Waals surface area contributed by atoms with E-state index in [-0.39, 0.29) is 12.1 Å². The zero-order valence-corrected chi connectivity index (χ0v) is 14.5. The Morgan fingerprint density at radius 1 is 1.36 bits per heavy atom. The summed E-state index contributed by atoms with van der Waals surface area (Å²) in [6.45, 7) is 6.11. The molecule has 1 aromatic carbocycles. The van der Waals surface area contributed by atoms with Crippen molar-refractivity contribution in [2.75, 3.05) is 0 Å². The summed E-state index contributed by atoms with van der Waals surface area (Å²) >= 11 is 0. The van der Waals surface area contributed by atoms with E-state index in [1.165, 1.54) is 36.4 Å². The molecular weight excluding hydrogens is 332 g/mol. The number of hydrogen-bond acceptors (Lipinski definition) is 5. The largest absolute Gasteiger partial charge is 0.459 e. The highest BCUT2D eigenvalue weighted by Gasteiger charge is 2.43. The van der Waals surface area contributed by atoms with Gasteiger partial charge in [-0.3, -0.25) is 4.79 Å². The number of benzene rings is 1. The maximum atomic E-state index is 14.3. The van der Waals surface area contributed by atoms with Crippen LogP contribution in [0.3, 0.4) is 0 Å². The van der Waals surface area contributed by atoms with Crippen LogP contribution >= 0.6 is 0 Å². The Hall–Kier alpha value is -2.35. The van der Waals surface area contributed by atoms with Crippen LogP contribution in [0.5, 0.6) is 0 Å². The van der Waals surface area contributed by atoms with Gasteiger partial charge in [-0.25, -0.2) is 18.4 Å². The standard InChI is InChI=1S/C17H21F2N3O3/c1-11(25-15(23)16(2,3)4)17(24,8-22-10-20-9-21-22)12-6-5-7-13(18)14(12)19/h5-7,9-11,24H,8H2,1-4H3/t11-,17?/m1/s1. The van der Waals surface area contributed by atoms with Crippen molar-refractivity contribution in [1.82, 2.24) is 14.8 Å². The molecule has 2 aromatic rings. The number of carbonyl (C=O) groups is 1. The molecule has 2 rings (SSSR count).